The summed E-state index contributed by atoms with van der Waals surface area (Å²) in [6.45, 7) is 6.06. The van der Waals surface area contributed by atoms with Crippen molar-refractivity contribution in [1.29, 1.82) is 0 Å². The molecule has 3 rings (SSSR count). The van der Waals surface area contributed by atoms with Crippen molar-refractivity contribution in [3.63, 3.8) is 0 Å². The first kappa shape index (κ1) is 14.0. The predicted molar refractivity (Wildman–Crippen MR) is 83.8 cm³/mol. The van der Waals surface area contributed by atoms with Gasteiger partial charge in [-0.3, -0.25) is 4.99 Å². The summed E-state index contributed by atoms with van der Waals surface area (Å²) in [6.07, 6.45) is 10.9. The fraction of sp³-hybridized carbons (Fsp3) is 0.562. The number of aromatic nitrogens is 2. The zero-order chi connectivity index (χ0) is 14.7. The molecule has 0 aromatic carbocycles. The SMILES string of the molecule is CCc1cnc(N2CCC(OC3=CC=NC3C)CC2)nc1. The Morgan fingerprint density at radius 2 is 1.95 bits per heavy atom. The second-order valence-corrected chi connectivity index (χ2v) is 5.59. The van der Waals surface area contributed by atoms with E-state index in [2.05, 4.69) is 33.7 Å². The standard InChI is InChI=1S/C16H22N4O/c1-3-13-10-18-16(19-11-13)20-8-5-14(6-9-20)21-15-4-7-17-12(15)2/h4,7,10-12,14H,3,5-6,8-9H2,1-2H3. The topological polar surface area (TPSA) is 50.6 Å². The van der Waals surface area contributed by atoms with E-state index in [4.69, 9.17) is 4.74 Å². The van der Waals surface area contributed by atoms with Gasteiger partial charge in [-0.25, -0.2) is 9.97 Å². The Morgan fingerprint density at radius 3 is 2.52 bits per heavy atom. The Labute approximate surface area is 125 Å². The van der Waals surface area contributed by atoms with Gasteiger partial charge < -0.3 is 9.64 Å². The smallest absolute Gasteiger partial charge is 0.225 e. The molecule has 0 N–H and O–H groups in total. The summed E-state index contributed by atoms with van der Waals surface area (Å²) in [5, 5.41) is 0. The lowest BCUT2D eigenvalue weighted by molar-refractivity contribution is 0.0862. The van der Waals surface area contributed by atoms with E-state index in [1.54, 1.807) is 0 Å². The third-order valence-electron chi connectivity index (χ3n) is 4.09. The minimum atomic E-state index is 0.174. The highest BCUT2D eigenvalue weighted by Crippen LogP contribution is 2.22. The van der Waals surface area contributed by atoms with Crippen molar-refractivity contribution in [1.82, 2.24) is 9.97 Å². The zero-order valence-electron chi connectivity index (χ0n) is 12.7. The number of hydrogen-bond donors (Lipinski definition) is 0. The van der Waals surface area contributed by atoms with Crippen LogP contribution >= 0.6 is 0 Å². The van der Waals surface area contributed by atoms with Gasteiger partial charge in [0, 0.05) is 44.5 Å². The minimum absolute atomic E-state index is 0.174. The highest BCUT2D eigenvalue weighted by atomic mass is 16.5. The molecule has 2 aliphatic heterocycles. The molecule has 112 valence electrons. The van der Waals surface area contributed by atoms with Crippen LogP contribution in [0.2, 0.25) is 0 Å². The first-order valence-corrected chi connectivity index (χ1v) is 7.72. The van der Waals surface area contributed by atoms with Crippen molar-refractivity contribution >= 4 is 12.2 Å². The van der Waals surface area contributed by atoms with E-state index in [1.807, 2.05) is 24.7 Å². The number of aliphatic imine (C=N–C) groups is 1. The minimum Gasteiger partial charge on any atom is -0.492 e. The second kappa shape index (κ2) is 6.24. The van der Waals surface area contributed by atoms with Crippen LogP contribution < -0.4 is 4.90 Å². The maximum Gasteiger partial charge on any atom is 0.225 e. The van der Waals surface area contributed by atoms with Crippen LogP contribution in [0.1, 0.15) is 32.3 Å². The summed E-state index contributed by atoms with van der Waals surface area (Å²) in [5.41, 5.74) is 1.18. The largest absolute Gasteiger partial charge is 0.492 e. The number of allylic oxidation sites excluding steroid dienone is 1. The van der Waals surface area contributed by atoms with Crippen molar-refractivity contribution in [3.05, 3.63) is 29.8 Å². The fourth-order valence-corrected chi connectivity index (χ4v) is 2.66. The summed E-state index contributed by atoms with van der Waals surface area (Å²) < 4.78 is 6.05. The van der Waals surface area contributed by atoms with E-state index in [1.165, 1.54) is 5.56 Å². The van der Waals surface area contributed by atoms with Crippen molar-refractivity contribution in [2.75, 3.05) is 18.0 Å². The van der Waals surface area contributed by atoms with E-state index in [-0.39, 0.29) is 12.1 Å². The fourth-order valence-electron chi connectivity index (χ4n) is 2.66. The van der Waals surface area contributed by atoms with Crippen LogP contribution in [0.4, 0.5) is 5.95 Å². The van der Waals surface area contributed by atoms with E-state index in [0.29, 0.717) is 0 Å². The predicted octanol–water partition coefficient (Wildman–Crippen LogP) is 2.38. The van der Waals surface area contributed by atoms with Crippen LogP contribution in [0, 0.1) is 0 Å². The molecule has 1 aromatic rings. The van der Waals surface area contributed by atoms with Gasteiger partial charge in [-0.1, -0.05) is 6.92 Å². The quantitative estimate of drug-likeness (QED) is 0.852. The van der Waals surface area contributed by atoms with E-state index in [0.717, 1.165) is 44.1 Å². The normalized spacial score (nSPS) is 22.5. The van der Waals surface area contributed by atoms with Crippen molar-refractivity contribution in [2.24, 2.45) is 4.99 Å². The molecule has 5 nitrogen and oxygen atoms in total. The lowest BCUT2D eigenvalue weighted by Gasteiger charge is -2.32. The number of aryl methyl sites for hydroxylation is 1. The Morgan fingerprint density at radius 1 is 1.24 bits per heavy atom. The molecule has 1 unspecified atom stereocenters. The average Bonchev–Trinajstić information content (AvgIpc) is 2.93. The average molecular weight is 286 g/mol. The molecule has 0 aliphatic carbocycles. The summed E-state index contributed by atoms with van der Waals surface area (Å²) in [5.74, 6) is 1.83. The summed E-state index contributed by atoms with van der Waals surface area (Å²) in [4.78, 5) is 15.4. The molecule has 3 heterocycles. The monoisotopic (exact) mass is 286 g/mol. The molecule has 21 heavy (non-hydrogen) atoms. The molecule has 1 fully saturated rings. The van der Waals surface area contributed by atoms with E-state index >= 15 is 0 Å². The van der Waals surface area contributed by atoms with Gasteiger partial charge in [-0.2, -0.15) is 0 Å². The van der Waals surface area contributed by atoms with Crippen molar-refractivity contribution < 1.29 is 4.74 Å². The summed E-state index contributed by atoms with van der Waals surface area (Å²) >= 11 is 0. The molecule has 1 atom stereocenters. The maximum atomic E-state index is 6.05. The van der Waals surface area contributed by atoms with Crippen LogP contribution in [0.25, 0.3) is 0 Å². The van der Waals surface area contributed by atoms with E-state index in [9.17, 15) is 0 Å². The molecule has 0 radical (unpaired) electrons. The Balaban J connectivity index is 1.52. The molecule has 2 aliphatic rings. The number of ether oxygens (including phenoxy) is 1. The molecule has 1 saturated heterocycles. The van der Waals surface area contributed by atoms with Gasteiger partial charge in [0.05, 0.1) is 0 Å². The van der Waals surface area contributed by atoms with Crippen LogP contribution in [0.15, 0.2) is 29.2 Å². The summed E-state index contributed by atoms with van der Waals surface area (Å²) in [7, 11) is 0. The zero-order valence-corrected chi connectivity index (χ0v) is 12.7. The van der Waals surface area contributed by atoms with Crippen LogP contribution in [0.3, 0.4) is 0 Å². The molecule has 0 saturated carbocycles. The van der Waals surface area contributed by atoms with Gasteiger partial charge >= 0.3 is 0 Å². The maximum absolute atomic E-state index is 6.05. The lowest BCUT2D eigenvalue weighted by Crippen LogP contribution is -2.38. The van der Waals surface area contributed by atoms with Crippen molar-refractivity contribution in [2.45, 2.75) is 45.3 Å². The lowest BCUT2D eigenvalue weighted by atomic mass is 10.1. The van der Waals surface area contributed by atoms with Gasteiger partial charge in [-0.05, 0) is 25.0 Å². The number of piperidine rings is 1. The molecular weight excluding hydrogens is 264 g/mol. The Bertz CT molecular complexity index is 530. The van der Waals surface area contributed by atoms with Crippen LogP contribution in [-0.4, -0.2) is 41.4 Å². The van der Waals surface area contributed by atoms with Gasteiger partial charge in [0.1, 0.15) is 17.9 Å². The van der Waals surface area contributed by atoms with Crippen LogP contribution in [-0.2, 0) is 11.2 Å². The van der Waals surface area contributed by atoms with E-state index < -0.39 is 0 Å². The molecular formula is C16H22N4O. The third-order valence-corrected chi connectivity index (χ3v) is 4.09. The molecule has 5 heteroatoms. The highest BCUT2D eigenvalue weighted by Gasteiger charge is 2.24. The number of rotatable bonds is 4. The number of hydrogen-bond acceptors (Lipinski definition) is 5. The Hall–Kier alpha value is -1.91. The Kier molecular flexibility index (Phi) is 4.18. The molecule has 1 aromatic heterocycles. The number of anilines is 1. The second-order valence-electron chi connectivity index (χ2n) is 5.59. The third kappa shape index (κ3) is 3.23. The first-order chi connectivity index (χ1) is 10.3. The first-order valence-electron chi connectivity index (χ1n) is 7.72. The van der Waals surface area contributed by atoms with Gasteiger partial charge in [0.25, 0.3) is 0 Å². The number of nitrogens with zero attached hydrogens (tertiary/aromatic N) is 4. The molecule has 0 spiro atoms. The van der Waals surface area contributed by atoms with Gasteiger partial charge in [-0.15, -0.1) is 0 Å². The highest BCUT2D eigenvalue weighted by molar-refractivity contribution is 5.75. The van der Waals surface area contributed by atoms with Gasteiger partial charge in [0.2, 0.25) is 5.95 Å². The molecule has 0 amide bonds. The summed E-state index contributed by atoms with van der Waals surface area (Å²) in [6, 6.07) is 0.174. The molecule has 0 bridgehead atoms. The van der Waals surface area contributed by atoms with Gasteiger partial charge in [0.15, 0.2) is 0 Å². The van der Waals surface area contributed by atoms with Crippen molar-refractivity contribution in [3.8, 4) is 0 Å². The van der Waals surface area contributed by atoms with Crippen LogP contribution in [0.5, 0.6) is 0 Å².